The number of nitrogens with zero attached hydrogens (tertiary/aromatic N) is 2. The van der Waals surface area contributed by atoms with E-state index in [0.717, 1.165) is 6.42 Å². The van der Waals surface area contributed by atoms with Crippen LogP contribution in [0.3, 0.4) is 0 Å². The predicted molar refractivity (Wildman–Crippen MR) is 126 cm³/mol. The number of H-pyrrole nitrogens is 2. The van der Waals surface area contributed by atoms with Crippen LogP contribution in [0.1, 0.15) is 56.7 Å². The van der Waals surface area contributed by atoms with Gasteiger partial charge in [-0.2, -0.15) is 0 Å². The first-order chi connectivity index (χ1) is 17.1. The van der Waals surface area contributed by atoms with Crippen LogP contribution in [-0.4, -0.2) is 66.4 Å². The molecule has 2 saturated heterocycles. The van der Waals surface area contributed by atoms with Gasteiger partial charge >= 0.3 is 11.4 Å². The zero-order valence-electron chi connectivity index (χ0n) is 20.4. The SMILES string of the molecule is CCCC1OC(n2cc(C)c(=O)[nH]c2=O)C(OCC2OC(n3cc(CC)c(=O)[nH]c3=O)CC2O)C1O. The van der Waals surface area contributed by atoms with Crippen LogP contribution in [0.2, 0.25) is 0 Å². The third-order valence-corrected chi connectivity index (χ3v) is 6.70. The number of hydrogen-bond acceptors (Lipinski definition) is 9. The van der Waals surface area contributed by atoms with Gasteiger partial charge in [0, 0.05) is 29.9 Å². The molecule has 2 aromatic rings. The summed E-state index contributed by atoms with van der Waals surface area (Å²) < 4.78 is 20.2. The first kappa shape index (κ1) is 26.2. The monoisotopic (exact) mass is 508 g/mol. The lowest BCUT2D eigenvalue weighted by molar-refractivity contribution is -0.118. The van der Waals surface area contributed by atoms with E-state index >= 15 is 0 Å². The summed E-state index contributed by atoms with van der Waals surface area (Å²) in [7, 11) is 0. The molecule has 0 aliphatic carbocycles. The molecule has 0 spiro atoms. The standard InChI is InChI=1S/C23H32N4O9/c1-4-6-14-17(29)18(21(36-14)27-8-11(3)19(30)24-23(27)33)34-10-15-13(28)7-16(35-15)26-9-12(5-2)20(31)25-22(26)32/h8-9,13-18,21,28-29H,4-7,10H2,1-3H3,(H,24,30,33)(H,25,31,32). The van der Waals surface area contributed by atoms with Crippen molar-refractivity contribution in [3.8, 4) is 0 Å². The van der Waals surface area contributed by atoms with Crippen LogP contribution in [0.4, 0.5) is 0 Å². The van der Waals surface area contributed by atoms with E-state index in [1.54, 1.807) is 13.8 Å². The molecule has 2 aliphatic rings. The lowest BCUT2D eigenvalue weighted by Gasteiger charge is -2.25. The zero-order chi connectivity index (χ0) is 26.1. The fourth-order valence-electron chi connectivity index (χ4n) is 4.66. The average Bonchev–Trinajstić information content (AvgIpc) is 3.34. The molecule has 4 heterocycles. The van der Waals surface area contributed by atoms with Gasteiger partial charge in [0.05, 0.1) is 18.8 Å². The second-order valence-electron chi connectivity index (χ2n) is 9.23. The molecule has 0 bridgehead atoms. The van der Waals surface area contributed by atoms with Crippen molar-refractivity contribution >= 4 is 0 Å². The minimum absolute atomic E-state index is 0.0906. The summed E-state index contributed by atoms with van der Waals surface area (Å²) in [6.45, 7) is 5.10. The quantitative estimate of drug-likeness (QED) is 0.350. The predicted octanol–water partition coefficient (Wildman–Crippen LogP) is -0.950. The van der Waals surface area contributed by atoms with E-state index in [2.05, 4.69) is 9.97 Å². The van der Waals surface area contributed by atoms with Crippen LogP contribution in [0.5, 0.6) is 0 Å². The molecule has 0 radical (unpaired) electrons. The minimum atomic E-state index is -1.07. The average molecular weight is 509 g/mol. The Morgan fingerprint density at radius 3 is 2.39 bits per heavy atom. The molecular weight excluding hydrogens is 476 g/mol. The molecule has 0 aromatic carbocycles. The minimum Gasteiger partial charge on any atom is -0.390 e. The third kappa shape index (κ3) is 5.02. The Labute approximate surface area is 205 Å². The van der Waals surface area contributed by atoms with Crippen molar-refractivity contribution in [3.05, 3.63) is 65.2 Å². The number of aromatic nitrogens is 4. The van der Waals surface area contributed by atoms with E-state index in [1.807, 2.05) is 6.92 Å². The van der Waals surface area contributed by atoms with E-state index in [0.29, 0.717) is 24.0 Å². The third-order valence-electron chi connectivity index (χ3n) is 6.70. The number of rotatable bonds is 8. The van der Waals surface area contributed by atoms with Gasteiger partial charge in [0.1, 0.15) is 24.5 Å². The largest absolute Gasteiger partial charge is 0.390 e. The maximum atomic E-state index is 12.5. The summed E-state index contributed by atoms with van der Waals surface area (Å²) in [6, 6.07) is 0. The summed E-state index contributed by atoms with van der Waals surface area (Å²) in [5, 5.41) is 21.5. The number of nitrogens with one attached hydrogen (secondary N) is 2. The van der Waals surface area contributed by atoms with Crippen molar-refractivity contribution in [2.75, 3.05) is 6.61 Å². The highest BCUT2D eigenvalue weighted by Crippen LogP contribution is 2.34. The van der Waals surface area contributed by atoms with Gasteiger partial charge in [-0.15, -0.1) is 0 Å². The number of aliphatic hydroxyl groups is 2. The van der Waals surface area contributed by atoms with Crippen LogP contribution in [0.25, 0.3) is 0 Å². The number of hydrogen-bond donors (Lipinski definition) is 4. The van der Waals surface area contributed by atoms with E-state index in [1.165, 1.54) is 21.5 Å². The highest BCUT2D eigenvalue weighted by Gasteiger charge is 2.46. The summed E-state index contributed by atoms with van der Waals surface area (Å²) >= 11 is 0. The van der Waals surface area contributed by atoms with Crippen molar-refractivity contribution in [2.45, 2.75) is 89.4 Å². The van der Waals surface area contributed by atoms with Crippen LogP contribution in [0, 0.1) is 6.92 Å². The van der Waals surface area contributed by atoms with E-state index in [9.17, 15) is 29.4 Å². The molecule has 4 rings (SSSR count). The van der Waals surface area contributed by atoms with Gasteiger partial charge in [0.2, 0.25) is 0 Å². The molecule has 7 atom stereocenters. The fourth-order valence-corrected chi connectivity index (χ4v) is 4.66. The molecule has 2 aliphatic heterocycles. The van der Waals surface area contributed by atoms with Gasteiger partial charge in [-0.25, -0.2) is 9.59 Å². The topological polar surface area (TPSA) is 178 Å². The van der Waals surface area contributed by atoms with E-state index < -0.39 is 65.5 Å². The first-order valence-electron chi connectivity index (χ1n) is 12.1. The molecule has 4 N–H and O–H groups in total. The van der Waals surface area contributed by atoms with Crippen LogP contribution in [-0.2, 0) is 20.6 Å². The van der Waals surface area contributed by atoms with Gasteiger partial charge in [-0.3, -0.25) is 28.7 Å². The molecule has 0 amide bonds. The smallest absolute Gasteiger partial charge is 0.330 e. The Morgan fingerprint density at radius 1 is 1.00 bits per heavy atom. The molecular formula is C23H32N4O9. The van der Waals surface area contributed by atoms with Crippen molar-refractivity contribution in [2.24, 2.45) is 0 Å². The van der Waals surface area contributed by atoms with Crippen molar-refractivity contribution < 1.29 is 24.4 Å². The van der Waals surface area contributed by atoms with Gasteiger partial charge < -0.3 is 24.4 Å². The Balaban J connectivity index is 1.53. The summed E-state index contributed by atoms with van der Waals surface area (Å²) in [6.07, 6.45) is -1.78. The normalized spacial score (nSPS) is 30.2. The Hall–Kier alpha value is -2.84. The summed E-state index contributed by atoms with van der Waals surface area (Å²) in [5.74, 6) is 0. The highest BCUT2D eigenvalue weighted by molar-refractivity contribution is 5.05. The first-order valence-corrected chi connectivity index (χ1v) is 12.1. The Kier molecular flexibility index (Phi) is 7.76. The maximum Gasteiger partial charge on any atom is 0.330 e. The van der Waals surface area contributed by atoms with Crippen molar-refractivity contribution in [1.82, 2.24) is 19.1 Å². The van der Waals surface area contributed by atoms with Crippen molar-refractivity contribution in [1.29, 1.82) is 0 Å². The van der Waals surface area contributed by atoms with Gasteiger partial charge in [0.25, 0.3) is 11.1 Å². The Bertz CT molecular complexity index is 1310. The molecule has 13 heteroatoms. The maximum absolute atomic E-state index is 12.5. The van der Waals surface area contributed by atoms with Crippen LogP contribution < -0.4 is 22.5 Å². The molecule has 0 saturated carbocycles. The van der Waals surface area contributed by atoms with Gasteiger partial charge in [0.15, 0.2) is 6.23 Å². The number of aliphatic hydroxyl groups excluding tert-OH is 2. The molecule has 13 nitrogen and oxygen atoms in total. The van der Waals surface area contributed by atoms with Gasteiger partial charge in [-0.1, -0.05) is 20.3 Å². The highest BCUT2D eigenvalue weighted by atomic mass is 16.6. The Morgan fingerprint density at radius 2 is 1.69 bits per heavy atom. The number of aromatic amines is 2. The lowest BCUT2D eigenvalue weighted by atomic mass is 10.1. The second-order valence-corrected chi connectivity index (χ2v) is 9.23. The van der Waals surface area contributed by atoms with E-state index in [4.69, 9.17) is 14.2 Å². The molecule has 7 unspecified atom stereocenters. The fraction of sp³-hybridized carbons (Fsp3) is 0.652. The number of aryl methyl sites for hydroxylation is 2. The summed E-state index contributed by atoms with van der Waals surface area (Å²) in [4.78, 5) is 53.0. The van der Waals surface area contributed by atoms with Crippen molar-refractivity contribution in [3.63, 3.8) is 0 Å². The number of ether oxygens (including phenoxy) is 3. The van der Waals surface area contributed by atoms with Crippen LogP contribution >= 0.6 is 0 Å². The molecule has 198 valence electrons. The molecule has 2 aromatic heterocycles. The molecule has 2 fully saturated rings. The molecule has 36 heavy (non-hydrogen) atoms. The van der Waals surface area contributed by atoms with E-state index in [-0.39, 0.29) is 13.0 Å². The summed E-state index contributed by atoms with van der Waals surface area (Å²) in [5.41, 5.74) is -1.63. The van der Waals surface area contributed by atoms with Crippen LogP contribution in [0.15, 0.2) is 31.6 Å². The second kappa shape index (κ2) is 10.6. The zero-order valence-corrected chi connectivity index (χ0v) is 20.4. The van der Waals surface area contributed by atoms with Gasteiger partial charge in [-0.05, 0) is 19.8 Å². The lowest BCUT2D eigenvalue weighted by Crippen LogP contribution is -2.41.